The molecule has 0 aliphatic carbocycles. The van der Waals surface area contributed by atoms with Crippen molar-refractivity contribution >= 4 is 33.4 Å². The average Bonchev–Trinajstić information content (AvgIpc) is 2.62. The second-order valence-corrected chi connectivity index (χ2v) is 6.34. The Morgan fingerprint density at radius 1 is 1.08 bits per heavy atom. The highest BCUT2D eigenvalue weighted by Crippen LogP contribution is 2.19. The van der Waals surface area contributed by atoms with E-state index >= 15 is 0 Å². The Hall–Kier alpha value is -2.60. The van der Waals surface area contributed by atoms with Crippen molar-refractivity contribution in [2.75, 3.05) is 24.3 Å². The van der Waals surface area contributed by atoms with Gasteiger partial charge in [0.25, 0.3) is 0 Å². The van der Waals surface area contributed by atoms with Gasteiger partial charge in [0.1, 0.15) is 11.6 Å². The molecule has 3 aromatic rings. The fourth-order valence-corrected chi connectivity index (χ4v) is 2.77. The highest BCUT2D eigenvalue weighted by atomic mass is 79.9. The number of ether oxygens (including phenoxy) is 1. The van der Waals surface area contributed by atoms with Gasteiger partial charge >= 0.3 is 0 Å². The largest absolute Gasteiger partial charge is 0.497 e. The Labute approximate surface area is 155 Å². The molecule has 0 aliphatic heterocycles. The van der Waals surface area contributed by atoms with Crippen LogP contribution in [0.25, 0.3) is 0 Å². The van der Waals surface area contributed by atoms with Crippen LogP contribution in [0, 0.1) is 0 Å². The van der Waals surface area contributed by atoms with Gasteiger partial charge in [0.15, 0.2) is 0 Å². The van der Waals surface area contributed by atoms with E-state index in [9.17, 15) is 0 Å². The molecular formula is C19H19BrN4O. The molecule has 2 aromatic carbocycles. The molecule has 128 valence electrons. The summed E-state index contributed by atoms with van der Waals surface area (Å²) in [6.07, 6.45) is 2.60. The number of aromatic nitrogens is 2. The molecule has 0 radical (unpaired) electrons. The Kier molecular flexibility index (Phi) is 5.85. The lowest BCUT2D eigenvalue weighted by Crippen LogP contribution is -2.08. The number of nitrogens with one attached hydrogen (secondary N) is 2. The molecule has 2 N–H and O–H groups in total. The van der Waals surface area contributed by atoms with E-state index in [1.807, 2.05) is 48.5 Å². The molecular weight excluding hydrogens is 380 g/mol. The first kappa shape index (κ1) is 17.2. The normalized spacial score (nSPS) is 10.3. The summed E-state index contributed by atoms with van der Waals surface area (Å²) in [5.41, 5.74) is 2.17. The third-order valence-electron chi connectivity index (χ3n) is 3.58. The SMILES string of the molecule is COc1cccc(CCNc2nccc(Nc3cccc(Br)c3)n2)c1. The average molecular weight is 399 g/mol. The predicted octanol–water partition coefficient (Wildman–Crippen LogP) is 4.65. The molecule has 25 heavy (non-hydrogen) atoms. The third kappa shape index (κ3) is 5.19. The summed E-state index contributed by atoms with van der Waals surface area (Å²) in [6.45, 7) is 0.744. The van der Waals surface area contributed by atoms with Crippen molar-refractivity contribution in [1.29, 1.82) is 0 Å². The zero-order chi connectivity index (χ0) is 17.5. The number of hydrogen-bond acceptors (Lipinski definition) is 5. The number of rotatable bonds is 7. The van der Waals surface area contributed by atoms with Gasteiger partial charge in [0, 0.05) is 22.9 Å². The van der Waals surface area contributed by atoms with E-state index in [0.29, 0.717) is 5.95 Å². The number of anilines is 3. The van der Waals surface area contributed by atoms with Crippen LogP contribution in [0.4, 0.5) is 17.5 Å². The Morgan fingerprint density at radius 2 is 1.96 bits per heavy atom. The molecule has 5 nitrogen and oxygen atoms in total. The van der Waals surface area contributed by atoms with Crippen LogP contribution in [0.15, 0.2) is 65.3 Å². The van der Waals surface area contributed by atoms with Gasteiger partial charge in [-0.3, -0.25) is 0 Å². The van der Waals surface area contributed by atoms with Gasteiger partial charge in [0.05, 0.1) is 7.11 Å². The van der Waals surface area contributed by atoms with Crippen LogP contribution in [0.2, 0.25) is 0 Å². The minimum absolute atomic E-state index is 0.600. The third-order valence-corrected chi connectivity index (χ3v) is 4.08. The van der Waals surface area contributed by atoms with Crippen LogP contribution < -0.4 is 15.4 Å². The van der Waals surface area contributed by atoms with Crippen LogP contribution in [0.5, 0.6) is 5.75 Å². The molecule has 0 unspecified atom stereocenters. The smallest absolute Gasteiger partial charge is 0.224 e. The Bertz CT molecular complexity index is 841. The van der Waals surface area contributed by atoms with E-state index in [0.717, 1.165) is 34.7 Å². The van der Waals surface area contributed by atoms with Gasteiger partial charge < -0.3 is 15.4 Å². The van der Waals surface area contributed by atoms with Gasteiger partial charge in [0.2, 0.25) is 5.95 Å². The quantitative estimate of drug-likeness (QED) is 0.606. The summed E-state index contributed by atoms with van der Waals surface area (Å²) in [4.78, 5) is 8.76. The maximum absolute atomic E-state index is 5.24. The summed E-state index contributed by atoms with van der Waals surface area (Å²) in [5, 5.41) is 6.53. The zero-order valence-corrected chi connectivity index (χ0v) is 15.5. The van der Waals surface area contributed by atoms with Crippen molar-refractivity contribution in [1.82, 2.24) is 9.97 Å². The number of halogens is 1. The zero-order valence-electron chi connectivity index (χ0n) is 13.9. The maximum atomic E-state index is 5.24. The lowest BCUT2D eigenvalue weighted by molar-refractivity contribution is 0.414. The second kappa shape index (κ2) is 8.48. The van der Waals surface area contributed by atoms with E-state index < -0.39 is 0 Å². The summed E-state index contributed by atoms with van der Waals surface area (Å²) >= 11 is 3.46. The topological polar surface area (TPSA) is 59.1 Å². The van der Waals surface area contributed by atoms with E-state index in [1.54, 1.807) is 13.3 Å². The van der Waals surface area contributed by atoms with E-state index in [-0.39, 0.29) is 0 Å². The van der Waals surface area contributed by atoms with Gasteiger partial charge in [-0.2, -0.15) is 4.98 Å². The van der Waals surface area contributed by atoms with Crippen LogP contribution in [-0.2, 0) is 6.42 Å². The molecule has 0 saturated carbocycles. The van der Waals surface area contributed by atoms with Gasteiger partial charge in [-0.05, 0) is 48.4 Å². The monoisotopic (exact) mass is 398 g/mol. The van der Waals surface area contributed by atoms with Crippen molar-refractivity contribution in [2.24, 2.45) is 0 Å². The first-order valence-corrected chi connectivity index (χ1v) is 8.75. The van der Waals surface area contributed by atoms with E-state index in [2.05, 4.69) is 42.6 Å². The highest BCUT2D eigenvalue weighted by molar-refractivity contribution is 9.10. The standard InChI is InChI=1S/C19H19BrN4O/c1-25-17-7-2-4-14(12-17)8-10-21-19-22-11-9-18(24-19)23-16-6-3-5-15(20)13-16/h2-7,9,11-13H,8,10H2,1H3,(H2,21,22,23,24). The summed E-state index contributed by atoms with van der Waals surface area (Å²) in [6, 6.07) is 17.8. The summed E-state index contributed by atoms with van der Waals surface area (Å²) in [7, 11) is 1.68. The first-order chi connectivity index (χ1) is 12.2. The number of nitrogens with zero attached hydrogens (tertiary/aromatic N) is 2. The van der Waals surface area contributed by atoms with Crippen LogP contribution in [0.3, 0.4) is 0 Å². The summed E-state index contributed by atoms with van der Waals surface area (Å²) < 4.78 is 6.26. The molecule has 1 heterocycles. The molecule has 1 aromatic heterocycles. The first-order valence-electron chi connectivity index (χ1n) is 7.95. The second-order valence-electron chi connectivity index (χ2n) is 5.43. The van der Waals surface area contributed by atoms with Gasteiger partial charge in [-0.15, -0.1) is 0 Å². The minimum atomic E-state index is 0.600. The molecule has 3 rings (SSSR count). The summed E-state index contributed by atoms with van der Waals surface area (Å²) in [5.74, 6) is 2.22. The molecule has 6 heteroatoms. The molecule has 0 aliphatic rings. The highest BCUT2D eigenvalue weighted by Gasteiger charge is 2.01. The van der Waals surface area contributed by atoms with Crippen LogP contribution in [0.1, 0.15) is 5.56 Å². The molecule has 0 amide bonds. The van der Waals surface area contributed by atoms with E-state index in [4.69, 9.17) is 4.74 Å². The van der Waals surface area contributed by atoms with Crippen LogP contribution in [-0.4, -0.2) is 23.6 Å². The lowest BCUT2D eigenvalue weighted by atomic mass is 10.1. The minimum Gasteiger partial charge on any atom is -0.497 e. The van der Waals surface area contributed by atoms with Crippen molar-refractivity contribution in [3.63, 3.8) is 0 Å². The lowest BCUT2D eigenvalue weighted by Gasteiger charge is -2.09. The molecule has 0 bridgehead atoms. The molecule has 0 saturated heterocycles. The fourth-order valence-electron chi connectivity index (χ4n) is 2.37. The van der Waals surface area contributed by atoms with E-state index in [1.165, 1.54) is 5.56 Å². The Morgan fingerprint density at radius 3 is 2.80 bits per heavy atom. The van der Waals surface area contributed by atoms with Crippen molar-refractivity contribution in [3.05, 3.63) is 70.8 Å². The molecule has 0 fully saturated rings. The van der Waals surface area contributed by atoms with Crippen molar-refractivity contribution in [2.45, 2.75) is 6.42 Å². The Balaban J connectivity index is 1.58. The predicted molar refractivity (Wildman–Crippen MR) is 105 cm³/mol. The molecule has 0 spiro atoms. The van der Waals surface area contributed by atoms with Crippen LogP contribution >= 0.6 is 15.9 Å². The number of hydrogen-bond donors (Lipinski definition) is 2. The van der Waals surface area contributed by atoms with Crippen molar-refractivity contribution in [3.8, 4) is 5.75 Å². The fraction of sp³-hybridized carbons (Fsp3) is 0.158. The number of methoxy groups -OCH3 is 1. The number of benzene rings is 2. The van der Waals surface area contributed by atoms with Gasteiger partial charge in [-0.1, -0.05) is 34.1 Å². The molecule has 0 atom stereocenters. The maximum Gasteiger partial charge on any atom is 0.224 e. The van der Waals surface area contributed by atoms with Crippen molar-refractivity contribution < 1.29 is 4.74 Å². The van der Waals surface area contributed by atoms with Gasteiger partial charge in [-0.25, -0.2) is 4.98 Å².